The summed E-state index contributed by atoms with van der Waals surface area (Å²) in [6.45, 7) is 2.61. The molecule has 1 unspecified atom stereocenters. The molecule has 0 amide bonds. The molecule has 0 saturated heterocycles. The van der Waals surface area contributed by atoms with Crippen LogP contribution in [0.5, 0.6) is 0 Å². The Balaban J connectivity index is 2.35. The topological polar surface area (TPSA) is 51.8 Å². The van der Waals surface area contributed by atoms with Gasteiger partial charge >= 0.3 is 0 Å². The molecule has 0 radical (unpaired) electrons. The molecule has 0 aliphatic rings. The van der Waals surface area contributed by atoms with Crippen molar-refractivity contribution in [1.29, 1.82) is 0 Å². The minimum Gasteiger partial charge on any atom is -0.330 e. The zero-order chi connectivity index (χ0) is 10.7. The molecule has 3 nitrogen and oxygen atoms in total. The average Bonchev–Trinajstić information content (AvgIpc) is 2.82. The second kappa shape index (κ2) is 4.51. The van der Waals surface area contributed by atoms with E-state index in [1.54, 1.807) is 17.5 Å². The van der Waals surface area contributed by atoms with E-state index in [4.69, 9.17) is 5.73 Å². The second-order valence-electron chi connectivity index (χ2n) is 3.41. The van der Waals surface area contributed by atoms with Crippen LogP contribution in [0, 0.1) is 0 Å². The van der Waals surface area contributed by atoms with Crippen molar-refractivity contribution < 1.29 is 0 Å². The average molecular weight is 219 g/mol. The van der Waals surface area contributed by atoms with Crippen molar-refractivity contribution in [2.75, 3.05) is 6.54 Å². The van der Waals surface area contributed by atoms with Gasteiger partial charge in [0, 0.05) is 18.7 Å². The highest BCUT2D eigenvalue weighted by Gasteiger charge is 2.08. The SMILES string of the molecule is CC(CN)c1nccc(-c2cccs2)n1. The molecular formula is C11H13N3S. The van der Waals surface area contributed by atoms with Gasteiger partial charge in [-0.25, -0.2) is 9.97 Å². The number of rotatable bonds is 3. The Hall–Kier alpha value is -1.26. The minimum absolute atomic E-state index is 0.213. The lowest BCUT2D eigenvalue weighted by molar-refractivity contribution is 0.713. The molecular weight excluding hydrogens is 206 g/mol. The first-order valence-electron chi connectivity index (χ1n) is 4.88. The van der Waals surface area contributed by atoms with Gasteiger partial charge in [0.25, 0.3) is 0 Å². The standard InChI is InChI=1S/C11H13N3S/c1-8(7-12)11-13-5-4-9(14-11)10-3-2-6-15-10/h2-6,8H,7,12H2,1H3. The molecule has 0 fully saturated rings. The molecule has 78 valence electrons. The van der Waals surface area contributed by atoms with Crippen LogP contribution in [0.2, 0.25) is 0 Å². The molecule has 2 N–H and O–H groups in total. The third-order valence-electron chi connectivity index (χ3n) is 2.24. The molecule has 0 aromatic carbocycles. The van der Waals surface area contributed by atoms with Gasteiger partial charge in [-0.3, -0.25) is 0 Å². The van der Waals surface area contributed by atoms with Crippen LogP contribution >= 0.6 is 11.3 Å². The third kappa shape index (κ3) is 2.22. The van der Waals surface area contributed by atoms with E-state index in [0.717, 1.165) is 11.5 Å². The Morgan fingerprint density at radius 1 is 1.47 bits per heavy atom. The predicted octanol–water partition coefficient (Wildman–Crippen LogP) is 2.27. The Labute approximate surface area is 93.0 Å². The second-order valence-corrected chi connectivity index (χ2v) is 4.36. The highest BCUT2D eigenvalue weighted by molar-refractivity contribution is 7.13. The molecule has 2 aromatic rings. The molecule has 15 heavy (non-hydrogen) atoms. The Bertz CT molecular complexity index is 425. The van der Waals surface area contributed by atoms with E-state index >= 15 is 0 Å². The molecule has 0 saturated carbocycles. The van der Waals surface area contributed by atoms with Crippen LogP contribution in [0.25, 0.3) is 10.6 Å². The van der Waals surface area contributed by atoms with E-state index in [1.807, 2.05) is 24.4 Å². The lowest BCUT2D eigenvalue weighted by Crippen LogP contribution is -2.12. The summed E-state index contributed by atoms with van der Waals surface area (Å²) in [6.07, 6.45) is 1.80. The van der Waals surface area contributed by atoms with E-state index < -0.39 is 0 Å². The van der Waals surface area contributed by atoms with Gasteiger partial charge in [0.1, 0.15) is 5.82 Å². The number of hydrogen-bond acceptors (Lipinski definition) is 4. The van der Waals surface area contributed by atoms with E-state index in [1.165, 1.54) is 4.88 Å². The fraction of sp³-hybridized carbons (Fsp3) is 0.273. The van der Waals surface area contributed by atoms with Crippen molar-refractivity contribution in [3.63, 3.8) is 0 Å². The van der Waals surface area contributed by atoms with E-state index in [9.17, 15) is 0 Å². The summed E-state index contributed by atoms with van der Waals surface area (Å²) < 4.78 is 0. The van der Waals surface area contributed by atoms with Gasteiger partial charge in [-0.1, -0.05) is 13.0 Å². The van der Waals surface area contributed by atoms with Gasteiger partial charge in [-0.15, -0.1) is 11.3 Å². The van der Waals surface area contributed by atoms with E-state index in [-0.39, 0.29) is 5.92 Å². The number of nitrogens with zero attached hydrogens (tertiary/aromatic N) is 2. The van der Waals surface area contributed by atoms with Crippen LogP contribution in [-0.4, -0.2) is 16.5 Å². The van der Waals surface area contributed by atoms with Gasteiger partial charge < -0.3 is 5.73 Å². The third-order valence-corrected chi connectivity index (χ3v) is 3.13. The smallest absolute Gasteiger partial charge is 0.133 e. The maximum Gasteiger partial charge on any atom is 0.133 e. The summed E-state index contributed by atoms with van der Waals surface area (Å²) >= 11 is 1.68. The summed E-state index contributed by atoms with van der Waals surface area (Å²) in [5.74, 6) is 1.04. The van der Waals surface area contributed by atoms with Crippen molar-refractivity contribution in [1.82, 2.24) is 9.97 Å². The monoisotopic (exact) mass is 219 g/mol. The molecule has 2 aromatic heterocycles. The molecule has 1 atom stereocenters. The lowest BCUT2D eigenvalue weighted by Gasteiger charge is -2.07. The number of aromatic nitrogens is 2. The maximum atomic E-state index is 5.60. The molecule has 2 rings (SSSR count). The molecule has 0 aliphatic heterocycles. The number of hydrogen-bond donors (Lipinski definition) is 1. The van der Waals surface area contributed by atoms with Gasteiger partial charge in [0.15, 0.2) is 0 Å². The van der Waals surface area contributed by atoms with Crippen LogP contribution in [-0.2, 0) is 0 Å². The molecule has 0 spiro atoms. The van der Waals surface area contributed by atoms with E-state index in [0.29, 0.717) is 6.54 Å². The van der Waals surface area contributed by atoms with Crippen LogP contribution in [0.3, 0.4) is 0 Å². The summed E-state index contributed by atoms with van der Waals surface area (Å²) in [5, 5.41) is 2.05. The molecule has 4 heteroatoms. The van der Waals surface area contributed by atoms with Gasteiger partial charge in [-0.2, -0.15) is 0 Å². The highest BCUT2D eigenvalue weighted by atomic mass is 32.1. The summed E-state index contributed by atoms with van der Waals surface area (Å²) in [7, 11) is 0. The van der Waals surface area contributed by atoms with Crippen molar-refractivity contribution in [3.8, 4) is 10.6 Å². The first-order valence-corrected chi connectivity index (χ1v) is 5.76. The van der Waals surface area contributed by atoms with Crippen LogP contribution < -0.4 is 5.73 Å². The minimum atomic E-state index is 0.213. The zero-order valence-corrected chi connectivity index (χ0v) is 9.37. The highest BCUT2D eigenvalue weighted by Crippen LogP contribution is 2.23. The Morgan fingerprint density at radius 2 is 2.33 bits per heavy atom. The van der Waals surface area contributed by atoms with Crippen LogP contribution in [0.1, 0.15) is 18.7 Å². The lowest BCUT2D eigenvalue weighted by atomic mass is 10.1. The first-order chi connectivity index (χ1) is 7.31. The van der Waals surface area contributed by atoms with Crippen molar-refractivity contribution in [2.45, 2.75) is 12.8 Å². The van der Waals surface area contributed by atoms with Crippen molar-refractivity contribution in [2.24, 2.45) is 5.73 Å². The molecule has 0 aliphatic carbocycles. The van der Waals surface area contributed by atoms with Crippen molar-refractivity contribution >= 4 is 11.3 Å². The van der Waals surface area contributed by atoms with Crippen LogP contribution in [0.4, 0.5) is 0 Å². The predicted molar refractivity (Wildman–Crippen MR) is 62.8 cm³/mol. The fourth-order valence-electron chi connectivity index (χ4n) is 1.28. The van der Waals surface area contributed by atoms with Gasteiger partial charge in [-0.05, 0) is 17.5 Å². The molecule has 2 heterocycles. The largest absolute Gasteiger partial charge is 0.330 e. The first kappa shape index (κ1) is 10.3. The molecule has 0 bridgehead atoms. The Morgan fingerprint density at radius 3 is 3.00 bits per heavy atom. The van der Waals surface area contributed by atoms with Gasteiger partial charge in [0.05, 0.1) is 10.6 Å². The van der Waals surface area contributed by atoms with E-state index in [2.05, 4.69) is 16.0 Å². The quantitative estimate of drug-likeness (QED) is 0.861. The zero-order valence-electron chi connectivity index (χ0n) is 8.55. The summed E-state index contributed by atoms with van der Waals surface area (Å²) in [6, 6.07) is 6.01. The van der Waals surface area contributed by atoms with Crippen molar-refractivity contribution in [3.05, 3.63) is 35.6 Å². The van der Waals surface area contributed by atoms with Gasteiger partial charge in [0.2, 0.25) is 0 Å². The van der Waals surface area contributed by atoms with Crippen LogP contribution in [0.15, 0.2) is 29.8 Å². The normalized spacial score (nSPS) is 12.7. The Kier molecular flexibility index (Phi) is 3.08. The maximum absolute atomic E-state index is 5.60. The number of nitrogens with two attached hydrogens (primary N) is 1. The fourth-order valence-corrected chi connectivity index (χ4v) is 1.97. The summed E-state index contributed by atoms with van der Waals surface area (Å²) in [4.78, 5) is 9.91. The summed E-state index contributed by atoms with van der Waals surface area (Å²) in [5.41, 5.74) is 6.58. The number of thiophene rings is 1.